The minimum Gasteiger partial charge on any atom is -0.325 e. The number of anilines is 2. The molecule has 0 bridgehead atoms. The van der Waals surface area contributed by atoms with Crippen LogP contribution >= 0.6 is 0 Å². The van der Waals surface area contributed by atoms with Gasteiger partial charge in [0.05, 0.1) is 11.9 Å². The molecule has 6 nitrogen and oxygen atoms in total. The van der Waals surface area contributed by atoms with E-state index in [-0.39, 0.29) is 0 Å². The van der Waals surface area contributed by atoms with E-state index in [9.17, 15) is 0 Å². The van der Waals surface area contributed by atoms with Crippen molar-refractivity contribution in [3.63, 3.8) is 0 Å². The van der Waals surface area contributed by atoms with Gasteiger partial charge in [-0.2, -0.15) is 5.10 Å². The zero-order valence-corrected chi connectivity index (χ0v) is 7.44. The van der Waals surface area contributed by atoms with Crippen molar-refractivity contribution in [1.29, 1.82) is 0 Å². The maximum atomic E-state index is 5.45. The molecule has 0 fully saturated rings. The van der Waals surface area contributed by atoms with Crippen LogP contribution in [0.5, 0.6) is 0 Å². The summed E-state index contributed by atoms with van der Waals surface area (Å²) in [6, 6.07) is 3.60. The number of H-pyrrole nitrogens is 1. The predicted octanol–water partition coefficient (Wildman–Crippen LogP) is 0.402. The molecule has 72 valence electrons. The minimum absolute atomic E-state index is 0.403. The van der Waals surface area contributed by atoms with E-state index in [2.05, 4.69) is 25.5 Å². The Balaban J connectivity index is 2.17. The van der Waals surface area contributed by atoms with Crippen LogP contribution in [0.2, 0.25) is 0 Å². The molecule has 2 aromatic heterocycles. The molecule has 0 saturated heterocycles. The molecule has 2 heterocycles. The third kappa shape index (κ3) is 1.86. The smallest absolute Gasteiger partial charge is 0.135 e. The summed E-state index contributed by atoms with van der Waals surface area (Å²) >= 11 is 0. The van der Waals surface area contributed by atoms with E-state index in [0.29, 0.717) is 12.4 Å². The minimum atomic E-state index is 0.403. The number of hydrogen-bond acceptors (Lipinski definition) is 5. The van der Waals surface area contributed by atoms with E-state index < -0.39 is 0 Å². The summed E-state index contributed by atoms with van der Waals surface area (Å²) in [5.74, 6) is 1.48. The highest BCUT2D eigenvalue weighted by molar-refractivity contribution is 5.50. The van der Waals surface area contributed by atoms with Gasteiger partial charge in [0.2, 0.25) is 0 Å². The Morgan fingerprint density at radius 1 is 1.43 bits per heavy atom. The van der Waals surface area contributed by atoms with Gasteiger partial charge < -0.3 is 11.1 Å². The molecule has 0 amide bonds. The van der Waals surface area contributed by atoms with E-state index in [4.69, 9.17) is 5.73 Å². The van der Waals surface area contributed by atoms with Crippen molar-refractivity contribution in [2.75, 3.05) is 5.32 Å². The first-order chi connectivity index (χ1) is 6.88. The molecule has 14 heavy (non-hydrogen) atoms. The average Bonchev–Trinajstić information content (AvgIpc) is 2.71. The number of nitrogens with one attached hydrogen (secondary N) is 2. The van der Waals surface area contributed by atoms with Crippen molar-refractivity contribution >= 4 is 11.6 Å². The second-order valence-electron chi connectivity index (χ2n) is 2.69. The maximum Gasteiger partial charge on any atom is 0.135 e. The lowest BCUT2D eigenvalue weighted by molar-refractivity contribution is 0.964. The highest BCUT2D eigenvalue weighted by Gasteiger charge is 1.98. The van der Waals surface area contributed by atoms with E-state index in [0.717, 1.165) is 11.5 Å². The molecule has 6 heteroatoms. The van der Waals surface area contributed by atoms with Crippen molar-refractivity contribution in [3.05, 3.63) is 30.4 Å². The second-order valence-corrected chi connectivity index (χ2v) is 2.69. The Labute approximate surface area is 80.6 Å². The highest BCUT2D eigenvalue weighted by atomic mass is 15.2. The molecular formula is C8H10N6. The Morgan fingerprint density at radius 3 is 3.07 bits per heavy atom. The fourth-order valence-electron chi connectivity index (χ4n) is 1.04. The number of aromatic amines is 1. The standard InChI is InChI=1S/C8H10N6/c9-4-6-3-8(11-5-10-6)13-7-1-2-12-14-7/h1-3,5H,4,9H2,(H2,10,11,12,13,14). The quantitative estimate of drug-likeness (QED) is 0.651. The molecule has 0 atom stereocenters. The number of nitrogens with zero attached hydrogens (tertiary/aromatic N) is 3. The SMILES string of the molecule is NCc1cc(Nc2ccn[nH]2)ncn1. The van der Waals surface area contributed by atoms with Crippen molar-refractivity contribution < 1.29 is 0 Å². The zero-order chi connectivity index (χ0) is 9.80. The normalized spacial score (nSPS) is 10.1. The summed E-state index contributed by atoms with van der Waals surface area (Å²) < 4.78 is 0. The zero-order valence-electron chi connectivity index (χ0n) is 7.44. The monoisotopic (exact) mass is 190 g/mol. The number of rotatable bonds is 3. The van der Waals surface area contributed by atoms with Gasteiger partial charge in [-0.05, 0) is 0 Å². The molecule has 0 unspecified atom stereocenters. The molecule has 0 aliphatic heterocycles. The third-order valence-corrected chi connectivity index (χ3v) is 1.70. The van der Waals surface area contributed by atoms with E-state index in [1.807, 2.05) is 6.07 Å². The molecule has 2 rings (SSSR count). The summed E-state index contributed by atoms with van der Waals surface area (Å²) in [4.78, 5) is 8.02. The van der Waals surface area contributed by atoms with Crippen LogP contribution in [0, 0.1) is 0 Å². The maximum absolute atomic E-state index is 5.45. The predicted molar refractivity (Wildman–Crippen MR) is 51.8 cm³/mol. The first-order valence-corrected chi connectivity index (χ1v) is 4.16. The van der Waals surface area contributed by atoms with E-state index in [1.165, 1.54) is 6.33 Å². The molecule has 2 aromatic rings. The summed E-state index contributed by atoms with van der Waals surface area (Å²) in [7, 11) is 0. The Bertz CT molecular complexity index is 396. The Kier molecular flexibility index (Phi) is 2.37. The fourth-order valence-corrected chi connectivity index (χ4v) is 1.04. The first-order valence-electron chi connectivity index (χ1n) is 4.16. The molecule has 0 saturated carbocycles. The van der Waals surface area contributed by atoms with Crippen LogP contribution in [0.4, 0.5) is 11.6 Å². The van der Waals surface area contributed by atoms with Crippen molar-refractivity contribution in [3.8, 4) is 0 Å². The van der Waals surface area contributed by atoms with Crippen LogP contribution in [0.3, 0.4) is 0 Å². The van der Waals surface area contributed by atoms with Gasteiger partial charge in [-0.25, -0.2) is 9.97 Å². The number of aromatic nitrogens is 4. The van der Waals surface area contributed by atoms with Crippen molar-refractivity contribution in [2.45, 2.75) is 6.54 Å². The number of nitrogens with two attached hydrogens (primary N) is 1. The molecule has 0 radical (unpaired) electrons. The van der Waals surface area contributed by atoms with Crippen molar-refractivity contribution in [2.24, 2.45) is 5.73 Å². The summed E-state index contributed by atoms with van der Waals surface area (Å²) in [6.07, 6.45) is 3.13. The van der Waals surface area contributed by atoms with Crippen LogP contribution < -0.4 is 11.1 Å². The summed E-state index contributed by atoms with van der Waals surface area (Å²) in [6.45, 7) is 0.403. The van der Waals surface area contributed by atoms with Gasteiger partial charge in [0.25, 0.3) is 0 Å². The lowest BCUT2D eigenvalue weighted by Crippen LogP contribution is -2.02. The van der Waals surface area contributed by atoms with Crippen LogP contribution in [-0.2, 0) is 6.54 Å². The lowest BCUT2D eigenvalue weighted by atomic mass is 10.4. The second kappa shape index (κ2) is 3.84. The van der Waals surface area contributed by atoms with Gasteiger partial charge in [0, 0.05) is 18.7 Å². The van der Waals surface area contributed by atoms with Gasteiger partial charge >= 0.3 is 0 Å². The van der Waals surface area contributed by atoms with Crippen LogP contribution in [0.1, 0.15) is 5.69 Å². The molecule has 0 aliphatic carbocycles. The fraction of sp³-hybridized carbons (Fsp3) is 0.125. The topological polar surface area (TPSA) is 92.5 Å². The summed E-state index contributed by atoms with van der Waals surface area (Å²) in [5.41, 5.74) is 6.25. The van der Waals surface area contributed by atoms with Gasteiger partial charge in [-0.1, -0.05) is 0 Å². The first kappa shape index (κ1) is 8.64. The molecular weight excluding hydrogens is 180 g/mol. The van der Waals surface area contributed by atoms with Crippen LogP contribution in [0.25, 0.3) is 0 Å². The average molecular weight is 190 g/mol. The summed E-state index contributed by atoms with van der Waals surface area (Å²) in [5, 5.41) is 9.61. The van der Waals surface area contributed by atoms with Gasteiger partial charge in [-0.15, -0.1) is 0 Å². The molecule has 0 spiro atoms. The Hall–Kier alpha value is -1.95. The molecule has 0 aliphatic rings. The van der Waals surface area contributed by atoms with Gasteiger partial charge in [0.1, 0.15) is 18.0 Å². The van der Waals surface area contributed by atoms with Crippen molar-refractivity contribution in [1.82, 2.24) is 20.2 Å². The lowest BCUT2D eigenvalue weighted by Gasteiger charge is -2.02. The number of hydrogen-bond donors (Lipinski definition) is 3. The van der Waals surface area contributed by atoms with Gasteiger partial charge in [0.15, 0.2) is 0 Å². The van der Waals surface area contributed by atoms with Crippen LogP contribution in [0.15, 0.2) is 24.7 Å². The highest BCUT2D eigenvalue weighted by Crippen LogP contribution is 2.10. The molecule has 0 aromatic carbocycles. The Morgan fingerprint density at radius 2 is 2.36 bits per heavy atom. The largest absolute Gasteiger partial charge is 0.325 e. The van der Waals surface area contributed by atoms with Gasteiger partial charge in [-0.3, -0.25) is 5.10 Å². The van der Waals surface area contributed by atoms with E-state index in [1.54, 1.807) is 12.3 Å². The molecule has 4 N–H and O–H groups in total. The van der Waals surface area contributed by atoms with Crippen LogP contribution in [-0.4, -0.2) is 20.2 Å². The third-order valence-electron chi connectivity index (χ3n) is 1.70. The van der Waals surface area contributed by atoms with E-state index >= 15 is 0 Å².